The second-order valence-corrected chi connectivity index (χ2v) is 7.88. The van der Waals surface area contributed by atoms with E-state index in [0.717, 1.165) is 43.2 Å². The van der Waals surface area contributed by atoms with E-state index in [4.69, 9.17) is 4.74 Å². The number of benzene rings is 1. The fourth-order valence-corrected chi connectivity index (χ4v) is 4.59. The number of carbonyl (C=O) groups excluding carboxylic acids is 3. The number of anilines is 1. The zero-order chi connectivity index (χ0) is 20.3. The van der Waals surface area contributed by atoms with Crippen molar-refractivity contribution in [1.29, 1.82) is 0 Å². The molecule has 7 nitrogen and oxygen atoms in total. The molecule has 2 N–H and O–H groups in total. The van der Waals surface area contributed by atoms with Crippen molar-refractivity contribution in [2.75, 3.05) is 19.0 Å². The number of carbonyl (C=O) groups is 3. The fraction of sp³-hybridized carbons (Fsp3) is 0.571. The van der Waals surface area contributed by atoms with Gasteiger partial charge in [-0.15, -0.1) is 0 Å². The Kier molecular flexibility index (Phi) is 6.34. The highest BCUT2D eigenvalue weighted by atomic mass is 16.5. The van der Waals surface area contributed by atoms with Crippen LogP contribution < -0.4 is 10.6 Å². The number of fused-ring (bicyclic) bond motifs is 1. The van der Waals surface area contributed by atoms with E-state index < -0.39 is 18.0 Å². The molecule has 3 unspecified atom stereocenters. The highest BCUT2D eigenvalue weighted by molar-refractivity contribution is 6.02. The number of nitrogens with one attached hydrogen (secondary N) is 2. The van der Waals surface area contributed by atoms with Gasteiger partial charge in [-0.2, -0.15) is 0 Å². The zero-order valence-corrected chi connectivity index (χ0v) is 16.8. The maximum absolute atomic E-state index is 12.5. The van der Waals surface area contributed by atoms with Gasteiger partial charge in [0.1, 0.15) is 6.04 Å². The third-order valence-corrected chi connectivity index (χ3v) is 5.90. The van der Waals surface area contributed by atoms with Crippen molar-refractivity contribution in [3.63, 3.8) is 0 Å². The first-order chi connectivity index (χ1) is 13.4. The van der Waals surface area contributed by atoms with Gasteiger partial charge in [-0.05, 0) is 50.7 Å². The van der Waals surface area contributed by atoms with Gasteiger partial charge in [-0.3, -0.25) is 19.8 Å². The molecule has 1 saturated carbocycles. The summed E-state index contributed by atoms with van der Waals surface area (Å²) in [4.78, 5) is 38.9. The summed E-state index contributed by atoms with van der Waals surface area (Å²) in [5, 5.41) is 5.10. The Morgan fingerprint density at radius 1 is 1.18 bits per heavy atom. The van der Waals surface area contributed by atoms with E-state index in [1.165, 1.54) is 7.11 Å². The fourth-order valence-electron chi connectivity index (χ4n) is 4.59. The number of hydrogen-bond acceptors (Lipinski definition) is 5. The zero-order valence-electron chi connectivity index (χ0n) is 16.8. The van der Waals surface area contributed by atoms with Gasteiger partial charge in [0.15, 0.2) is 0 Å². The molecule has 1 aliphatic carbocycles. The minimum absolute atomic E-state index is 0.0151. The van der Waals surface area contributed by atoms with Gasteiger partial charge >= 0.3 is 12.0 Å². The minimum atomic E-state index is -0.564. The van der Waals surface area contributed by atoms with Gasteiger partial charge in [0.2, 0.25) is 5.91 Å². The average Bonchev–Trinajstić information content (AvgIpc) is 3.02. The Hall–Kier alpha value is -2.41. The van der Waals surface area contributed by atoms with Crippen LogP contribution in [-0.4, -0.2) is 48.5 Å². The summed E-state index contributed by atoms with van der Waals surface area (Å²) >= 11 is 0. The number of hydrogen-bond donors (Lipinski definition) is 2. The smallest absolute Gasteiger partial charge is 0.325 e. The molecule has 3 amide bonds. The Bertz CT molecular complexity index is 764. The summed E-state index contributed by atoms with van der Waals surface area (Å²) in [6, 6.07) is 4.91. The van der Waals surface area contributed by atoms with Crippen molar-refractivity contribution in [2.45, 2.75) is 58.0 Å². The van der Waals surface area contributed by atoms with Crippen LogP contribution in [-0.2, 0) is 14.3 Å². The van der Waals surface area contributed by atoms with Gasteiger partial charge in [0, 0.05) is 11.7 Å². The van der Waals surface area contributed by atoms with Gasteiger partial charge in [0.25, 0.3) is 0 Å². The van der Waals surface area contributed by atoms with E-state index in [0.29, 0.717) is 11.6 Å². The molecule has 0 radical (unpaired) electrons. The molecule has 3 atom stereocenters. The number of likely N-dealkylation sites (tertiary alicyclic amines) is 1. The second-order valence-electron chi connectivity index (χ2n) is 7.88. The maximum Gasteiger partial charge on any atom is 0.325 e. The van der Waals surface area contributed by atoms with Crippen LogP contribution in [0.4, 0.5) is 10.5 Å². The summed E-state index contributed by atoms with van der Waals surface area (Å²) in [6.45, 7) is 3.90. The summed E-state index contributed by atoms with van der Waals surface area (Å²) in [6.07, 6.45) is 5.02. The number of methoxy groups -OCH3 is 1. The molecule has 3 rings (SSSR count). The maximum atomic E-state index is 12.5. The van der Waals surface area contributed by atoms with E-state index >= 15 is 0 Å². The monoisotopic (exact) mass is 387 g/mol. The van der Waals surface area contributed by atoms with E-state index in [2.05, 4.69) is 10.6 Å². The van der Waals surface area contributed by atoms with Crippen molar-refractivity contribution in [1.82, 2.24) is 10.2 Å². The number of amides is 3. The van der Waals surface area contributed by atoms with E-state index in [1.54, 1.807) is 0 Å². The van der Waals surface area contributed by atoms with Crippen molar-refractivity contribution in [3.8, 4) is 0 Å². The molecule has 28 heavy (non-hydrogen) atoms. The number of esters is 1. The summed E-state index contributed by atoms with van der Waals surface area (Å²) in [7, 11) is 1.37. The molecule has 0 aromatic heterocycles. The Morgan fingerprint density at radius 2 is 1.93 bits per heavy atom. The Labute approximate surface area is 165 Å². The normalized spacial score (nSPS) is 24.3. The highest BCUT2D eigenvalue weighted by Gasteiger charge is 2.46. The van der Waals surface area contributed by atoms with Crippen molar-refractivity contribution >= 4 is 23.6 Å². The lowest BCUT2D eigenvalue weighted by molar-refractivity contribution is -0.146. The van der Waals surface area contributed by atoms with Crippen LogP contribution in [0.15, 0.2) is 18.2 Å². The molecule has 7 heteroatoms. The first-order valence-corrected chi connectivity index (χ1v) is 9.90. The third-order valence-electron chi connectivity index (χ3n) is 5.90. The van der Waals surface area contributed by atoms with Gasteiger partial charge in [-0.25, -0.2) is 4.79 Å². The Morgan fingerprint density at radius 3 is 2.64 bits per heavy atom. The molecule has 1 saturated heterocycles. The molecular weight excluding hydrogens is 358 g/mol. The Balaban J connectivity index is 1.61. The lowest BCUT2D eigenvalue weighted by atomic mass is 9.85. The highest BCUT2D eigenvalue weighted by Crippen LogP contribution is 2.39. The molecule has 2 aliphatic rings. The summed E-state index contributed by atoms with van der Waals surface area (Å²) in [5.41, 5.74) is 2.69. The van der Waals surface area contributed by atoms with Crippen LogP contribution in [0.2, 0.25) is 0 Å². The molecular formula is C21H29N3O4. The first kappa shape index (κ1) is 20.3. The predicted octanol–water partition coefficient (Wildman–Crippen LogP) is 2.76. The van der Waals surface area contributed by atoms with E-state index in [1.807, 2.05) is 36.9 Å². The van der Waals surface area contributed by atoms with Crippen LogP contribution >= 0.6 is 0 Å². The number of aryl methyl sites for hydroxylation is 2. The summed E-state index contributed by atoms with van der Waals surface area (Å²) < 4.78 is 4.94. The topological polar surface area (TPSA) is 87.7 Å². The lowest BCUT2D eigenvalue weighted by Gasteiger charge is -2.32. The van der Waals surface area contributed by atoms with Gasteiger partial charge < -0.3 is 10.1 Å². The summed E-state index contributed by atoms with van der Waals surface area (Å²) in [5.74, 6) is -0.306. The second kappa shape index (κ2) is 8.73. The number of ether oxygens (including phenoxy) is 1. The molecule has 1 aromatic rings. The molecule has 0 spiro atoms. The van der Waals surface area contributed by atoms with Crippen LogP contribution in [0.1, 0.15) is 43.2 Å². The van der Waals surface area contributed by atoms with Crippen molar-refractivity contribution in [2.24, 2.45) is 5.92 Å². The standard InChI is InChI=1S/C21H29N3O4/c1-13-8-9-16(14(2)10-13)22-21(27)23-19(25)12-24-17-7-5-4-6-15(17)11-18(24)20(26)28-3/h8-10,15,17-18H,4-7,11-12H2,1-3H3,(H2,22,23,25,27). The van der Waals surface area contributed by atoms with E-state index in [-0.39, 0.29) is 18.6 Å². The minimum Gasteiger partial charge on any atom is -0.468 e. The lowest BCUT2D eigenvalue weighted by Crippen LogP contribution is -2.49. The largest absolute Gasteiger partial charge is 0.468 e. The van der Waals surface area contributed by atoms with Crippen LogP contribution in [0.25, 0.3) is 0 Å². The number of nitrogens with zero attached hydrogens (tertiary/aromatic N) is 1. The van der Waals surface area contributed by atoms with Crippen molar-refractivity contribution in [3.05, 3.63) is 29.3 Å². The molecule has 1 aromatic carbocycles. The van der Waals surface area contributed by atoms with Crippen molar-refractivity contribution < 1.29 is 19.1 Å². The number of rotatable bonds is 4. The average molecular weight is 387 g/mol. The first-order valence-electron chi connectivity index (χ1n) is 9.90. The molecule has 1 aliphatic heterocycles. The molecule has 2 fully saturated rings. The molecule has 0 bridgehead atoms. The number of urea groups is 1. The van der Waals surface area contributed by atoms with Crippen LogP contribution in [0, 0.1) is 19.8 Å². The van der Waals surface area contributed by atoms with E-state index in [9.17, 15) is 14.4 Å². The van der Waals surface area contributed by atoms with Gasteiger partial charge in [0.05, 0.1) is 13.7 Å². The molecule has 152 valence electrons. The predicted molar refractivity (Wildman–Crippen MR) is 106 cm³/mol. The number of imide groups is 1. The molecule has 1 heterocycles. The van der Waals surface area contributed by atoms with Gasteiger partial charge in [-0.1, -0.05) is 30.5 Å². The SMILES string of the molecule is COC(=O)C1CC2CCCCC2N1CC(=O)NC(=O)Nc1ccc(C)cc1C. The van der Waals surface area contributed by atoms with Crippen LogP contribution in [0.3, 0.4) is 0 Å². The quantitative estimate of drug-likeness (QED) is 0.776. The third kappa shape index (κ3) is 4.52. The van der Waals surface area contributed by atoms with Crippen LogP contribution in [0.5, 0.6) is 0 Å².